The number of aromatic nitrogens is 3. The van der Waals surface area contributed by atoms with Crippen LogP contribution >= 0.6 is 11.8 Å². The number of aromatic amines is 1. The molecule has 0 aliphatic heterocycles. The largest absolute Gasteiger partial charge is 0.870 e. The summed E-state index contributed by atoms with van der Waals surface area (Å²) in [6.45, 7) is 4.16. The van der Waals surface area contributed by atoms with Gasteiger partial charge in [-0.25, -0.2) is 9.78 Å². The molecule has 0 saturated heterocycles. The van der Waals surface area contributed by atoms with Gasteiger partial charge in [0.15, 0.2) is 0 Å². The predicted molar refractivity (Wildman–Crippen MR) is 88.9 cm³/mol. The quantitative estimate of drug-likeness (QED) is 0.556. The molecule has 2 aromatic rings. The molecule has 0 saturated carbocycles. The van der Waals surface area contributed by atoms with Crippen LogP contribution in [0.5, 0.6) is 11.5 Å². The van der Waals surface area contributed by atoms with E-state index in [1.54, 1.807) is 13.0 Å². The molecule has 0 amide bonds. The summed E-state index contributed by atoms with van der Waals surface area (Å²) < 4.78 is 5.24. The first kappa shape index (κ1) is 17.9. The fourth-order valence-corrected chi connectivity index (χ4v) is 2.67. The van der Waals surface area contributed by atoms with Crippen LogP contribution in [0.2, 0.25) is 0 Å². The Morgan fingerprint density at radius 1 is 1.46 bits per heavy atom. The molecule has 0 radical (unpaired) electrons. The van der Waals surface area contributed by atoms with Crippen LogP contribution in [0.15, 0.2) is 28.3 Å². The van der Waals surface area contributed by atoms with E-state index < -0.39 is 5.97 Å². The highest BCUT2D eigenvalue weighted by atomic mass is 32.2. The lowest BCUT2D eigenvalue weighted by Crippen LogP contribution is -2.00. The van der Waals surface area contributed by atoms with Crippen molar-refractivity contribution in [1.29, 1.82) is 0 Å². The van der Waals surface area contributed by atoms with E-state index in [1.165, 1.54) is 18.2 Å². The molecular weight excluding hydrogens is 330 g/mol. The van der Waals surface area contributed by atoms with Gasteiger partial charge in [-0.1, -0.05) is 24.8 Å². The minimum Gasteiger partial charge on any atom is -0.870 e. The number of carboxylic acids is 1. The van der Waals surface area contributed by atoms with Gasteiger partial charge in [0.05, 0.1) is 6.61 Å². The molecule has 0 unspecified atom stereocenters. The van der Waals surface area contributed by atoms with Crippen molar-refractivity contribution < 1.29 is 19.7 Å². The molecular formula is C16H18N3O4S-. The molecule has 24 heavy (non-hydrogen) atoms. The maximum Gasteiger partial charge on any atom is 0.342 e. The summed E-state index contributed by atoms with van der Waals surface area (Å²) in [5, 5.41) is 28.2. The van der Waals surface area contributed by atoms with Gasteiger partial charge in [-0.15, -0.1) is 5.10 Å². The zero-order chi connectivity index (χ0) is 17.5. The first-order chi connectivity index (χ1) is 11.5. The smallest absolute Gasteiger partial charge is 0.342 e. The van der Waals surface area contributed by atoms with Crippen LogP contribution in [0.3, 0.4) is 0 Å². The van der Waals surface area contributed by atoms with E-state index in [4.69, 9.17) is 4.74 Å². The normalized spacial score (nSPS) is 11.5. The maximum atomic E-state index is 11.6. The number of benzene rings is 1. The van der Waals surface area contributed by atoms with Crippen molar-refractivity contribution in [2.75, 3.05) is 6.61 Å². The fraction of sp³-hybridized carbons (Fsp3) is 0.312. The third-order valence-electron chi connectivity index (χ3n) is 2.98. The summed E-state index contributed by atoms with van der Waals surface area (Å²) in [5.41, 5.74) is 0.562. The van der Waals surface area contributed by atoms with E-state index in [-0.39, 0.29) is 16.4 Å². The van der Waals surface area contributed by atoms with Crippen molar-refractivity contribution in [1.82, 2.24) is 15.2 Å². The lowest BCUT2D eigenvalue weighted by atomic mass is 10.2. The van der Waals surface area contributed by atoms with Crippen molar-refractivity contribution >= 4 is 23.8 Å². The lowest BCUT2D eigenvalue weighted by Gasteiger charge is -2.14. The molecule has 1 aromatic carbocycles. The van der Waals surface area contributed by atoms with E-state index >= 15 is 0 Å². The van der Waals surface area contributed by atoms with Gasteiger partial charge in [0, 0.05) is 6.42 Å². The third-order valence-corrected chi connectivity index (χ3v) is 3.85. The minimum atomic E-state index is -1.09. The number of nitrogens with one attached hydrogen (secondary N) is 1. The van der Waals surface area contributed by atoms with Crippen LogP contribution in [0, 0.1) is 0 Å². The summed E-state index contributed by atoms with van der Waals surface area (Å²) in [5.74, 6) is -0.411. The summed E-state index contributed by atoms with van der Waals surface area (Å²) >= 11 is 0.951. The molecule has 0 bridgehead atoms. The number of thioether (sulfide) groups is 1. The number of hydrogen-bond donors (Lipinski definition) is 2. The number of nitrogens with zero attached hydrogens (tertiary/aromatic N) is 2. The second kappa shape index (κ2) is 8.39. The van der Waals surface area contributed by atoms with Gasteiger partial charge >= 0.3 is 5.97 Å². The van der Waals surface area contributed by atoms with Gasteiger partial charge in [0.1, 0.15) is 16.5 Å². The Bertz CT molecular complexity index is 743. The Hall–Kier alpha value is -2.48. The van der Waals surface area contributed by atoms with Crippen LogP contribution in [-0.2, 0) is 11.2 Å². The van der Waals surface area contributed by atoms with Gasteiger partial charge in [-0.05, 0) is 42.8 Å². The standard InChI is InChI=1S/C16H19N3O4S/c1-3-5-14-17-16(19-18-14)24-13(15(21)22)9-10-6-7-11(20)12(8-10)23-4-2/h6-9,20H,3-5H2,1-2H3,(H,21,22)(H,17,18,19)/p-1/b13-9-. The van der Waals surface area contributed by atoms with Crippen LogP contribution in [0.4, 0.5) is 0 Å². The average Bonchev–Trinajstić information content (AvgIpc) is 2.97. The Labute approximate surface area is 143 Å². The molecule has 0 spiro atoms. The summed E-state index contributed by atoms with van der Waals surface area (Å²) in [6.07, 6.45) is 3.13. The van der Waals surface area contributed by atoms with Gasteiger partial charge in [0.2, 0.25) is 5.16 Å². The molecule has 1 heterocycles. The summed E-state index contributed by atoms with van der Waals surface area (Å²) in [6, 6.07) is 4.43. The van der Waals surface area contributed by atoms with E-state index in [2.05, 4.69) is 15.2 Å². The van der Waals surface area contributed by atoms with Crippen LogP contribution in [0.1, 0.15) is 31.7 Å². The van der Waals surface area contributed by atoms with E-state index in [0.29, 0.717) is 17.3 Å². The molecule has 8 heteroatoms. The van der Waals surface area contributed by atoms with Crippen molar-refractivity contribution in [2.45, 2.75) is 31.8 Å². The molecule has 1 aromatic heterocycles. The number of aryl methyl sites for hydroxylation is 1. The van der Waals surface area contributed by atoms with Crippen LogP contribution < -0.4 is 9.84 Å². The zero-order valence-corrected chi connectivity index (χ0v) is 14.2. The first-order valence-electron chi connectivity index (χ1n) is 7.51. The van der Waals surface area contributed by atoms with Crippen molar-refractivity contribution in [3.05, 3.63) is 34.5 Å². The molecule has 7 nitrogen and oxygen atoms in total. The van der Waals surface area contributed by atoms with E-state index in [9.17, 15) is 15.0 Å². The number of aliphatic carboxylic acids is 1. The highest BCUT2D eigenvalue weighted by molar-refractivity contribution is 8.04. The Morgan fingerprint density at radius 3 is 2.92 bits per heavy atom. The van der Waals surface area contributed by atoms with Crippen LogP contribution in [0.25, 0.3) is 6.08 Å². The molecule has 128 valence electrons. The van der Waals surface area contributed by atoms with Gasteiger partial charge in [0.25, 0.3) is 0 Å². The molecule has 0 aliphatic carbocycles. The zero-order valence-electron chi connectivity index (χ0n) is 13.4. The SMILES string of the molecule is CCCc1nc(S/C(=C\c2ccc([O-])c(OCC)c2)C(=O)O)n[nH]1. The topological polar surface area (TPSA) is 111 Å². The van der Waals surface area contributed by atoms with Crippen molar-refractivity contribution in [3.8, 4) is 11.5 Å². The van der Waals surface area contributed by atoms with Crippen molar-refractivity contribution in [3.63, 3.8) is 0 Å². The Kier molecular flexibility index (Phi) is 6.25. The number of ether oxygens (including phenoxy) is 1. The number of carbonyl (C=O) groups is 1. The number of rotatable bonds is 8. The highest BCUT2D eigenvalue weighted by Gasteiger charge is 2.13. The lowest BCUT2D eigenvalue weighted by molar-refractivity contribution is -0.270. The second-order valence-corrected chi connectivity index (χ2v) is 5.88. The highest BCUT2D eigenvalue weighted by Crippen LogP contribution is 2.29. The Balaban J connectivity index is 2.24. The molecule has 2 N–H and O–H groups in total. The Morgan fingerprint density at radius 2 is 2.25 bits per heavy atom. The van der Waals surface area contributed by atoms with Crippen LogP contribution in [-0.4, -0.2) is 32.9 Å². The number of carboxylic acid groups (broad SMARTS) is 1. The molecule has 0 fully saturated rings. The first-order valence-corrected chi connectivity index (χ1v) is 8.33. The summed E-state index contributed by atoms with van der Waals surface area (Å²) in [4.78, 5) is 15.8. The van der Waals surface area contributed by atoms with E-state index in [0.717, 1.165) is 30.4 Å². The number of hydrogen-bond acceptors (Lipinski definition) is 6. The molecule has 0 atom stereocenters. The average molecular weight is 348 g/mol. The van der Waals surface area contributed by atoms with Gasteiger partial charge in [-0.2, -0.15) is 0 Å². The monoisotopic (exact) mass is 348 g/mol. The fourth-order valence-electron chi connectivity index (χ4n) is 1.94. The number of H-pyrrole nitrogens is 1. The van der Waals surface area contributed by atoms with E-state index in [1.807, 2.05) is 6.92 Å². The van der Waals surface area contributed by atoms with Crippen molar-refractivity contribution in [2.24, 2.45) is 0 Å². The molecule has 2 rings (SSSR count). The minimum absolute atomic E-state index is 0.0538. The second-order valence-electron chi connectivity index (χ2n) is 4.87. The van der Waals surface area contributed by atoms with Gasteiger partial charge < -0.3 is 14.9 Å². The summed E-state index contributed by atoms with van der Waals surface area (Å²) in [7, 11) is 0. The van der Waals surface area contributed by atoms with Gasteiger partial charge in [-0.3, -0.25) is 5.10 Å². The predicted octanol–water partition coefficient (Wildman–Crippen LogP) is 2.45. The third kappa shape index (κ3) is 4.76. The maximum absolute atomic E-state index is 11.6. The molecule has 0 aliphatic rings.